The molecule has 1 aliphatic rings. The Balaban J connectivity index is 2.85. The van der Waals surface area contributed by atoms with Crippen LogP contribution >= 0.6 is 0 Å². The van der Waals surface area contributed by atoms with Crippen LogP contribution in [0.25, 0.3) is 0 Å². The van der Waals surface area contributed by atoms with Gasteiger partial charge in [-0.3, -0.25) is 4.90 Å². The van der Waals surface area contributed by atoms with Gasteiger partial charge in [-0.15, -0.1) is 0 Å². The SMILES string of the molecule is CCCN1C(C)(C)CC(N)CC1(C)C. The summed E-state index contributed by atoms with van der Waals surface area (Å²) in [7, 11) is 0. The summed E-state index contributed by atoms with van der Waals surface area (Å²) in [6, 6.07) is 0.369. The van der Waals surface area contributed by atoms with Crippen LogP contribution in [0.2, 0.25) is 0 Å². The Morgan fingerprint density at radius 2 is 1.57 bits per heavy atom. The van der Waals surface area contributed by atoms with Crippen molar-refractivity contribution >= 4 is 0 Å². The molecule has 0 amide bonds. The predicted octanol–water partition coefficient (Wildman–Crippen LogP) is 2.38. The molecule has 1 fully saturated rings. The van der Waals surface area contributed by atoms with E-state index in [2.05, 4.69) is 39.5 Å². The molecule has 2 heteroatoms. The lowest BCUT2D eigenvalue weighted by molar-refractivity contribution is -0.0343. The Kier molecular flexibility index (Phi) is 3.27. The second kappa shape index (κ2) is 3.82. The largest absolute Gasteiger partial charge is 0.328 e. The van der Waals surface area contributed by atoms with Crippen LogP contribution in [-0.4, -0.2) is 28.6 Å². The second-order valence-electron chi connectivity index (χ2n) is 5.94. The van der Waals surface area contributed by atoms with Gasteiger partial charge in [0.25, 0.3) is 0 Å². The van der Waals surface area contributed by atoms with Gasteiger partial charge >= 0.3 is 0 Å². The van der Waals surface area contributed by atoms with E-state index in [-0.39, 0.29) is 11.1 Å². The third-order valence-electron chi connectivity index (χ3n) is 3.43. The van der Waals surface area contributed by atoms with E-state index in [1.807, 2.05) is 0 Å². The van der Waals surface area contributed by atoms with Gasteiger partial charge in [-0.25, -0.2) is 0 Å². The normalized spacial score (nSPS) is 27.9. The lowest BCUT2D eigenvalue weighted by atomic mass is 9.77. The minimum atomic E-state index is 0.261. The Hall–Kier alpha value is -0.0800. The van der Waals surface area contributed by atoms with Crippen LogP contribution in [0.3, 0.4) is 0 Å². The zero-order valence-electron chi connectivity index (χ0n) is 10.4. The third kappa shape index (κ3) is 2.29. The average molecular weight is 198 g/mol. The molecule has 0 aliphatic carbocycles. The third-order valence-corrected chi connectivity index (χ3v) is 3.43. The van der Waals surface area contributed by atoms with Crippen LogP contribution in [-0.2, 0) is 0 Å². The number of likely N-dealkylation sites (tertiary alicyclic amines) is 1. The summed E-state index contributed by atoms with van der Waals surface area (Å²) in [6.07, 6.45) is 3.47. The van der Waals surface area contributed by atoms with E-state index in [1.54, 1.807) is 0 Å². The fourth-order valence-electron chi connectivity index (χ4n) is 3.22. The first kappa shape index (κ1) is 12.0. The zero-order chi connectivity index (χ0) is 11.0. The molecule has 1 heterocycles. The molecule has 1 aliphatic heterocycles. The van der Waals surface area contributed by atoms with Crippen molar-refractivity contribution in [3.63, 3.8) is 0 Å². The van der Waals surface area contributed by atoms with Crippen molar-refractivity contribution in [2.24, 2.45) is 5.73 Å². The molecule has 0 unspecified atom stereocenters. The highest BCUT2D eigenvalue weighted by Gasteiger charge is 2.43. The molecular formula is C12H26N2. The van der Waals surface area contributed by atoms with Crippen molar-refractivity contribution in [1.82, 2.24) is 4.90 Å². The summed E-state index contributed by atoms with van der Waals surface area (Å²) < 4.78 is 0. The van der Waals surface area contributed by atoms with Crippen LogP contribution in [0, 0.1) is 0 Å². The predicted molar refractivity (Wildman–Crippen MR) is 62.4 cm³/mol. The lowest BCUT2D eigenvalue weighted by Crippen LogP contribution is -2.63. The summed E-state index contributed by atoms with van der Waals surface area (Å²) in [4.78, 5) is 2.63. The molecule has 1 rings (SSSR count). The standard InChI is InChI=1S/C12H26N2/c1-6-7-14-11(2,3)8-10(13)9-12(14,4)5/h10H,6-9,13H2,1-5H3. The summed E-state index contributed by atoms with van der Waals surface area (Å²) in [5.41, 5.74) is 6.64. The Morgan fingerprint density at radius 1 is 1.14 bits per heavy atom. The quantitative estimate of drug-likeness (QED) is 0.738. The minimum Gasteiger partial charge on any atom is -0.328 e. The van der Waals surface area contributed by atoms with E-state index in [0.29, 0.717) is 6.04 Å². The summed E-state index contributed by atoms with van der Waals surface area (Å²) in [6.45, 7) is 12.7. The van der Waals surface area contributed by atoms with Gasteiger partial charge in [0.1, 0.15) is 0 Å². The number of nitrogens with two attached hydrogens (primary N) is 1. The van der Waals surface area contributed by atoms with Gasteiger partial charge in [0.15, 0.2) is 0 Å². The van der Waals surface area contributed by atoms with E-state index in [0.717, 1.165) is 12.8 Å². The summed E-state index contributed by atoms with van der Waals surface area (Å²) >= 11 is 0. The van der Waals surface area contributed by atoms with Gasteiger partial charge < -0.3 is 5.73 Å². The minimum absolute atomic E-state index is 0.261. The molecule has 2 N–H and O–H groups in total. The molecule has 0 aromatic carbocycles. The fraction of sp³-hybridized carbons (Fsp3) is 1.00. The first-order valence-corrected chi connectivity index (χ1v) is 5.83. The average Bonchev–Trinajstić information content (AvgIpc) is 1.94. The number of piperidine rings is 1. The van der Waals surface area contributed by atoms with Crippen molar-refractivity contribution in [2.45, 2.75) is 71.0 Å². The van der Waals surface area contributed by atoms with Crippen molar-refractivity contribution in [3.05, 3.63) is 0 Å². The maximum absolute atomic E-state index is 6.12. The Bertz CT molecular complexity index is 178. The molecule has 0 bridgehead atoms. The van der Waals surface area contributed by atoms with E-state index < -0.39 is 0 Å². The number of rotatable bonds is 2. The van der Waals surface area contributed by atoms with Gasteiger partial charge in [0.05, 0.1) is 0 Å². The van der Waals surface area contributed by atoms with Crippen LogP contribution < -0.4 is 5.73 Å². The smallest absolute Gasteiger partial charge is 0.0173 e. The molecule has 2 nitrogen and oxygen atoms in total. The lowest BCUT2D eigenvalue weighted by Gasteiger charge is -2.54. The van der Waals surface area contributed by atoms with E-state index >= 15 is 0 Å². The topological polar surface area (TPSA) is 29.3 Å². The Labute approximate surface area is 88.8 Å². The van der Waals surface area contributed by atoms with E-state index in [4.69, 9.17) is 5.73 Å². The molecule has 0 saturated carbocycles. The fourth-order valence-corrected chi connectivity index (χ4v) is 3.22. The van der Waals surface area contributed by atoms with Crippen molar-refractivity contribution in [2.75, 3.05) is 6.54 Å². The molecule has 0 aromatic rings. The van der Waals surface area contributed by atoms with Gasteiger partial charge in [-0.2, -0.15) is 0 Å². The van der Waals surface area contributed by atoms with E-state index in [9.17, 15) is 0 Å². The molecule has 84 valence electrons. The molecule has 0 spiro atoms. The highest BCUT2D eigenvalue weighted by atomic mass is 15.3. The highest BCUT2D eigenvalue weighted by Crippen LogP contribution is 2.37. The molecule has 0 atom stereocenters. The van der Waals surface area contributed by atoms with Gasteiger partial charge in [0, 0.05) is 17.1 Å². The highest BCUT2D eigenvalue weighted by molar-refractivity contribution is 5.01. The maximum atomic E-state index is 6.12. The number of nitrogens with zero attached hydrogens (tertiary/aromatic N) is 1. The maximum Gasteiger partial charge on any atom is 0.0173 e. The monoisotopic (exact) mass is 198 g/mol. The van der Waals surface area contributed by atoms with Gasteiger partial charge in [0.2, 0.25) is 0 Å². The van der Waals surface area contributed by atoms with Crippen LogP contribution in [0.15, 0.2) is 0 Å². The van der Waals surface area contributed by atoms with Crippen molar-refractivity contribution in [3.8, 4) is 0 Å². The Morgan fingerprint density at radius 3 is 1.93 bits per heavy atom. The second-order valence-corrected chi connectivity index (χ2v) is 5.94. The van der Waals surface area contributed by atoms with Crippen molar-refractivity contribution in [1.29, 1.82) is 0 Å². The van der Waals surface area contributed by atoms with Crippen LogP contribution in [0.5, 0.6) is 0 Å². The molecule has 0 aromatic heterocycles. The van der Waals surface area contributed by atoms with Gasteiger partial charge in [-0.05, 0) is 53.5 Å². The van der Waals surface area contributed by atoms with Crippen LogP contribution in [0.4, 0.5) is 0 Å². The number of hydrogen-bond donors (Lipinski definition) is 1. The zero-order valence-corrected chi connectivity index (χ0v) is 10.4. The molecular weight excluding hydrogens is 172 g/mol. The van der Waals surface area contributed by atoms with Crippen LogP contribution in [0.1, 0.15) is 53.9 Å². The first-order valence-electron chi connectivity index (χ1n) is 5.83. The van der Waals surface area contributed by atoms with E-state index in [1.165, 1.54) is 13.0 Å². The molecule has 14 heavy (non-hydrogen) atoms. The summed E-state index contributed by atoms with van der Waals surface area (Å²) in [5.74, 6) is 0. The molecule has 1 saturated heterocycles. The number of hydrogen-bond acceptors (Lipinski definition) is 2. The summed E-state index contributed by atoms with van der Waals surface area (Å²) in [5, 5.41) is 0. The van der Waals surface area contributed by atoms with Crippen molar-refractivity contribution < 1.29 is 0 Å². The molecule has 0 radical (unpaired) electrons. The first-order chi connectivity index (χ1) is 6.29. The van der Waals surface area contributed by atoms with Gasteiger partial charge in [-0.1, -0.05) is 6.92 Å².